The van der Waals surface area contributed by atoms with Gasteiger partial charge in [-0.15, -0.1) is 0 Å². The fourth-order valence-corrected chi connectivity index (χ4v) is 5.52. The summed E-state index contributed by atoms with van der Waals surface area (Å²) in [4.78, 5) is 0. The summed E-state index contributed by atoms with van der Waals surface area (Å²) >= 11 is 0. The highest BCUT2D eigenvalue weighted by molar-refractivity contribution is 8.02. The van der Waals surface area contributed by atoms with E-state index in [0.29, 0.717) is 11.5 Å². The Bertz CT molecular complexity index is 346. The van der Waals surface area contributed by atoms with Gasteiger partial charge in [-0.3, -0.25) is 8.42 Å². The van der Waals surface area contributed by atoms with Gasteiger partial charge < -0.3 is 0 Å². The molecular formula is C10H12O2S2. The molecular weight excluding hydrogens is 216 g/mol. The van der Waals surface area contributed by atoms with Crippen molar-refractivity contribution in [3.05, 3.63) is 35.9 Å². The SMILES string of the molecule is O=[S@]1CCC[S@](=O)C1c1ccccc1. The fraction of sp³-hybridized carbons (Fsp3) is 0.400. The zero-order chi connectivity index (χ0) is 9.97. The highest BCUT2D eigenvalue weighted by Crippen LogP contribution is 2.28. The molecule has 0 radical (unpaired) electrons. The average molecular weight is 228 g/mol. The molecule has 2 rings (SSSR count). The fourth-order valence-electron chi connectivity index (χ4n) is 1.59. The monoisotopic (exact) mass is 228 g/mol. The van der Waals surface area contributed by atoms with E-state index >= 15 is 0 Å². The number of rotatable bonds is 1. The molecule has 0 amide bonds. The molecule has 1 aromatic rings. The van der Waals surface area contributed by atoms with E-state index in [1.807, 2.05) is 30.3 Å². The van der Waals surface area contributed by atoms with Gasteiger partial charge in [0.1, 0.15) is 4.58 Å². The van der Waals surface area contributed by atoms with Crippen molar-refractivity contribution in [2.24, 2.45) is 0 Å². The van der Waals surface area contributed by atoms with E-state index in [0.717, 1.165) is 12.0 Å². The first-order valence-corrected chi connectivity index (χ1v) is 7.35. The van der Waals surface area contributed by atoms with Gasteiger partial charge >= 0.3 is 0 Å². The molecule has 4 heteroatoms. The molecule has 76 valence electrons. The molecule has 0 aliphatic carbocycles. The van der Waals surface area contributed by atoms with E-state index < -0.39 is 21.6 Å². The van der Waals surface area contributed by atoms with Crippen LogP contribution >= 0.6 is 0 Å². The van der Waals surface area contributed by atoms with Crippen LogP contribution in [0.25, 0.3) is 0 Å². The van der Waals surface area contributed by atoms with E-state index in [-0.39, 0.29) is 4.58 Å². The van der Waals surface area contributed by atoms with Gasteiger partial charge in [-0.2, -0.15) is 0 Å². The summed E-state index contributed by atoms with van der Waals surface area (Å²) in [6.45, 7) is 0. The second-order valence-electron chi connectivity index (χ2n) is 3.27. The molecule has 1 aliphatic heterocycles. The van der Waals surface area contributed by atoms with Crippen LogP contribution in [0.3, 0.4) is 0 Å². The molecule has 14 heavy (non-hydrogen) atoms. The van der Waals surface area contributed by atoms with Crippen molar-refractivity contribution in [2.45, 2.75) is 11.0 Å². The first kappa shape index (κ1) is 10.1. The highest BCUT2D eigenvalue weighted by atomic mass is 32.2. The standard InChI is InChI=1S/C10H12O2S2/c11-13-7-4-8-14(12)10(13)9-5-2-1-3-6-9/h1-3,5-6,10H,4,7-8H2/t13-,14-/m0/s1. The van der Waals surface area contributed by atoms with E-state index in [1.54, 1.807) is 0 Å². The largest absolute Gasteiger partial charge is 0.258 e. The van der Waals surface area contributed by atoms with Crippen molar-refractivity contribution in [3.63, 3.8) is 0 Å². The molecule has 1 saturated heterocycles. The third-order valence-corrected chi connectivity index (χ3v) is 6.41. The summed E-state index contributed by atoms with van der Waals surface area (Å²) in [6, 6.07) is 9.53. The van der Waals surface area contributed by atoms with Crippen molar-refractivity contribution in [3.8, 4) is 0 Å². The van der Waals surface area contributed by atoms with Crippen molar-refractivity contribution in [2.75, 3.05) is 11.5 Å². The third-order valence-electron chi connectivity index (χ3n) is 2.24. The highest BCUT2D eigenvalue weighted by Gasteiger charge is 2.28. The van der Waals surface area contributed by atoms with E-state index in [4.69, 9.17) is 0 Å². The summed E-state index contributed by atoms with van der Waals surface area (Å²) < 4.78 is 23.2. The van der Waals surface area contributed by atoms with Gasteiger partial charge in [0.05, 0.1) is 0 Å². The topological polar surface area (TPSA) is 34.1 Å². The normalized spacial score (nSPS) is 28.9. The van der Waals surface area contributed by atoms with Gasteiger partial charge in [-0.1, -0.05) is 30.3 Å². The number of hydrogen-bond donors (Lipinski definition) is 0. The minimum Gasteiger partial charge on any atom is -0.258 e. The van der Waals surface area contributed by atoms with E-state index in [1.165, 1.54) is 0 Å². The maximum atomic E-state index is 11.7. The molecule has 0 aromatic heterocycles. The molecule has 2 atom stereocenters. The Hall–Kier alpha value is -0.480. The zero-order valence-corrected chi connectivity index (χ0v) is 9.35. The lowest BCUT2D eigenvalue weighted by Gasteiger charge is -2.20. The summed E-state index contributed by atoms with van der Waals surface area (Å²) in [5.74, 6) is 1.37. The smallest absolute Gasteiger partial charge is 0.135 e. The van der Waals surface area contributed by atoms with Gasteiger partial charge in [-0.05, 0) is 12.0 Å². The molecule has 1 heterocycles. The van der Waals surface area contributed by atoms with Crippen LogP contribution in [0.1, 0.15) is 16.6 Å². The predicted molar refractivity (Wildman–Crippen MR) is 59.8 cm³/mol. The number of hydrogen-bond acceptors (Lipinski definition) is 2. The van der Waals surface area contributed by atoms with Crippen molar-refractivity contribution < 1.29 is 8.42 Å². The van der Waals surface area contributed by atoms with E-state index in [2.05, 4.69) is 0 Å². The Labute approximate surface area is 88.6 Å². The van der Waals surface area contributed by atoms with Crippen LogP contribution in [-0.2, 0) is 21.6 Å². The molecule has 0 bridgehead atoms. The Balaban J connectivity index is 2.32. The van der Waals surface area contributed by atoms with Crippen molar-refractivity contribution >= 4 is 21.6 Å². The van der Waals surface area contributed by atoms with Crippen LogP contribution in [0.15, 0.2) is 30.3 Å². The minimum atomic E-state index is -0.959. The molecule has 1 fully saturated rings. The second-order valence-corrected chi connectivity index (χ2v) is 6.85. The minimum absolute atomic E-state index is 0.259. The molecule has 1 aliphatic rings. The Morgan fingerprint density at radius 3 is 2.14 bits per heavy atom. The van der Waals surface area contributed by atoms with Gasteiger partial charge in [0.2, 0.25) is 0 Å². The van der Waals surface area contributed by atoms with Crippen LogP contribution in [-0.4, -0.2) is 19.9 Å². The molecule has 0 unspecified atom stereocenters. The molecule has 0 spiro atoms. The van der Waals surface area contributed by atoms with Gasteiger partial charge in [0.25, 0.3) is 0 Å². The van der Waals surface area contributed by atoms with Crippen molar-refractivity contribution in [1.29, 1.82) is 0 Å². The maximum absolute atomic E-state index is 11.7. The first-order chi connectivity index (χ1) is 6.79. The Morgan fingerprint density at radius 1 is 1.00 bits per heavy atom. The van der Waals surface area contributed by atoms with Gasteiger partial charge in [0.15, 0.2) is 0 Å². The summed E-state index contributed by atoms with van der Waals surface area (Å²) in [5, 5.41) is 0. The van der Waals surface area contributed by atoms with Crippen LogP contribution < -0.4 is 0 Å². The molecule has 0 saturated carbocycles. The summed E-state index contributed by atoms with van der Waals surface area (Å²) in [6.07, 6.45) is 0.822. The van der Waals surface area contributed by atoms with Crippen LogP contribution in [0.5, 0.6) is 0 Å². The van der Waals surface area contributed by atoms with Crippen molar-refractivity contribution in [1.82, 2.24) is 0 Å². The Kier molecular flexibility index (Phi) is 3.13. The Morgan fingerprint density at radius 2 is 1.57 bits per heavy atom. The summed E-state index contributed by atoms with van der Waals surface area (Å²) in [5.41, 5.74) is 0.948. The average Bonchev–Trinajstić information content (AvgIpc) is 2.19. The first-order valence-electron chi connectivity index (χ1n) is 4.58. The lowest BCUT2D eigenvalue weighted by Crippen LogP contribution is -2.23. The summed E-state index contributed by atoms with van der Waals surface area (Å²) in [7, 11) is -1.92. The predicted octanol–water partition coefficient (Wildman–Crippen LogP) is 1.59. The van der Waals surface area contributed by atoms with Gasteiger partial charge in [-0.25, -0.2) is 0 Å². The van der Waals surface area contributed by atoms with Crippen LogP contribution in [0, 0.1) is 0 Å². The van der Waals surface area contributed by atoms with Gasteiger partial charge in [0, 0.05) is 33.1 Å². The lowest BCUT2D eigenvalue weighted by molar-refractivity contribution is 0.664. The quantitative estimate of drug-likeness (QED) is 0.731. The maximum Gasteiger partial charge on any atom is 0.135 e. The van der Waals surface area contributed by atoms with Crippen LogP contribution in [0.4, 0.5) is 0 Å². The molecule has 2 nitrogen and oxygen atoms in total. The second kappa shape index (κ2) is 4.36. The van der Waals surface area contributed by atoms with Crippen LogP contribution in [0.2, 0.25) is 0 Å². The lowest BCUT2D eigenvalue weighted by atomic mass is 10.2. The molecule has 1 aromatic carbocycles. The molecule has 0 N–H and O–H groups in total. The number of benzene rings is 1. The zero-order valence-electron chi connectivity index (χ0n) is 7.72. The van der Waals surface area contributed by atoms with E-state index in [9.17, 15) is 8.42 Å². The third kappa shape index (κ3) is 1.96.